The van der Waals surface area contributed by atoms with Crippen LogP contribution in [0.3, 0.4) is 0 Å². The average Bonchev–Trinajstić information content (AvgIpc) is 2.90. The third kappa shape index (κ3) is 2.60. The van der Waals surface area contributed by atoms with Gasteiger partial charge in [-0.2, -0.15) is 5.01 Å². The number of H-pyrrole nitrogens is 1. The van der Waals surface area contributed by atoms with Crippen LogP contribution in [0.15, 0.2) is 47.8 Å². The third-order valence-corrected chi connectivity index (χ3v) is 3.56. The van der Waals surface area contributed by atoms with Gasteiger partial charge < -0.3 is 10.3 Å². The van der Waals surface area contributed by atoms with Crippen LogP contribution in [0.2, 0.25) is 0 Å². The van der Waals surface area contributed by atoms with Crippen molar-refractivity contribution in [2.45, 2.75) is 0 Å². The second kappa shape index (κ2) is 6.03. The number of carbonyl (C=O) groups excluding carboxylic acids is 1. The summed E-state index contributed by atoms with van der Waals surface area (Å²) in [6.45, 7) is 0.0617. The molecule has 1 aromatic heterocycles. The van der Waals surface area contributed by atoms with Crippen molar-refractivity contribution in [1.29, 1.82) is 0 Å². The summed E-state index contributed by atoms with van der Waals surface area (Å²) in [6, 6.07) is 12.8. The molecule has 6 nitrogen and oxygen atoms in total. The molecular weight excluding hydrogens is 304 g/mol. The Bertz CT molecular complexity index is 846. The predicted molar refractivity (Wildman–Crippen MR) is 88.0 cm³/mol. The van der Waals surface area contributed by atoms with Crippen LogP contribution in [0.1, 0.15) is 0 Å². The van der Waals surface area contributed by atoms with Crippen molar-refractivity contribution < 1.29 is 4.79 Å². The van der Waals surface area contributed by atoms with Crippen molar-refractivity contribution in [3.8, 4) is 0 Å². The quantitative estimate of drug-likeness (QED) is 0.432. The zero-order chi connectivity index (χ0) is 15.5. The SMILES string of the molecule is O=NN(CCCl)C(=O)Nc1ccc2[nH]c3ccccc3c2c1. The number of urea groups is 1. The smallest absolute Gasteiger partial charge is 0.344 e. The highest BCUT2D eigenvalue weighted by Gasteiger charge is 2.14. The van der Waals surface area contributed by atoms with E-state index < -0.39 is 6.03 Å². The Kier molecular flexibility index (Phi) is 3.93. The van der Waals surface area contributed by atoms with Gasteiger partial charge in [0.1, 0.15) is 0 Å². The van der Waals surface area contributed by atoms with E-state index in [9.17, 15) is 9.70 Å². The molecule has 112 valence electrons. The van der Waals surface area contributed by atoms with Gasteiger partial charge in [-0.15, -0.1) is 16.5 Å². The molecule has 0 atom stereocenters. The lowest BCUT2D eigenvalue weighted by Crippen LogP contribution is -2.31. The summed E-state index contributed by atoms with van der Waals surface area (Å²) in [7, 11) is 0. The predicted octanol–water partition coefficient (Wildman–Crippen LogP) is 4.08. The number of carbonyl (C=O) groups is 1. The molecule has 0 bridgehead atoms. The lowest BCUT2D eigenvalue weighted by atomic mass is 10.1. The van der Waals surface area contributed by atoms with Gasteiger partial charge in [-0.05, 0) is 24.3 Å². The second-order valence-corrected chi connectivity index (χ2v) is 5.13. The van der Waals surface area contributed by atoms with E-state index in [1.807, 2.05) is 36.4 Å². The van der Waals surface area contributed by atoms with Crippen LogP contribution in [-0.2, 0) is 0 Å². The second-order valence-electron chi connectivity index (χ2n) is 4.75. The van der Waals surface area contributed by atoms with E-state index in [4.69, 9.17) is 11.6 Å². The first kappa shape index (κ1) is 14.3. The average molecular weight is 317 g/mol. The van der Waals surface area contributed by atoms with E-state index in [1.165, 1.54) is 0 Å². The Morgan fingerprint density at radius 3 is 2.73 bits per heavy atom. The Morgan fingerprint density at radius 2 is 1.95 bits per heavy atom. The van der Waals surface area contributed by atoms with Crippen LogP contribution in [0, 0.1) is 4.91 Å². The number of fused-ring (bicyclic) bond motifs is 3. The number of alkyl halides is 1. The molecule has 0 aliphatic heterocycles. The highest BCUT2D eigenvalue weighted by Crippen LogP contribution is 2.27. The van der Waals surface area contributed by atoms with Crippen LogP contribution in [-0.4, -0.2) is 28.4 Å². The van der Waals surface area contributed by atoms with Crippen molar-refractivity contribution in [1.82, 2.24) is 9.99 Å². The third-order valence-electron chi connectivity index (χ3n) is 3.39. The Balaban J connectivity index is 1.93. The fraction of sp³-hybridized carbons (Fsp3) is 0.133. The number of amides is 2. The lowest BCUT2D eigenvalue weighted by Gasteiger charge is -2.12. The molecule has 0 saturated carbocycles. The van der Waals surface area contributed by atoms with E-state index in [0.29, 0.717) is 5.69 Å². The number of nitrogens with zero attached hydrogens (tertiary/aromatic N) is 2. The zero-order valence-electron chi connectivity index (χ0n) is 11.5. The van der Waals surface area contributed by atoms with E-state index in [2.05, 4.69) is 15.6 Å². The van der Waals surface area contributed by atoms with Crippen LogP contribution in [0.25, 0.3) is 21.8 Å². The minimum Gasteiger partial charge on any atom is -0.355 e. The van der Waals surface area contributed by atoms with Crippen molar-refractivity contribution in [3.63, 3.8) is 0 Å². The first-order valence-corrected chi connectivity index (χ1v) is 7.24. The molecule has 2 N–H and O–H groups in total. The fourth-order valence-corrected chi connectivity index (χ4v) is 2.53. The number of hydrogen-bond donors (Lipinski definition) is 2. The van der Waals surface area contributed by atoms with Gasteiger partial charge in [-0.25, -0.2) is 4.79 Å². The van der Waals surface area contributed by atoms with Crippen molar-refractivity contribution in [3.05, 3.63) is 47.4 Å². The molecule has 0 saturated heterocycles. The molecule has 22 heavy (non-hydrogen) atoms. The van der Waals surface area contributed by atoms with Crippen molar-refractivity contribution in [2.24, 2.45) is 5.29 Å². The lowest BCUT2D eigenvalue weighted by molar-refractivity contribution is 0.216. The van der Waals surface area contributed by atoms with E-state index >= 15 is 0 Å². The van der Waals surface area contributed by atoms with E-state index in [-0.39, 0.29) is 12.4 Å². The minimum absolute atomic E-state index is 0.0617. The number of nitrogens with one attached hydrogen (secondary N) is 2. The largest absolute Gasteiger partial charge is 0.355 e. The molecule has 3 aromatic rings. The zero-order valence-corrected chi connectivity index (χ0v) is 12.3. The fourth-order valence-electron chi connectivity index (χ4n) is 2.37. The molecule has 0 fully saturated rings. The maximum atomic E-state index is 11.9. The Labute approximate surface area is 131 Å². The number of aromatic amines is 1. The summed E-state index contributed by atoms with van der Waals surface area (Å²) >= 11 is 5.53. The maximum absolute atomic E-state index is 11.9. The van der Waals surface area contributed by atoms with Crippen LogP contribution >= 0.6 is 11.6 Å². The summed E-state index contributed by atoms with van der Waals surface area (Å²) in [6.07, 6.45) is 0. The number of anilines is 1. The van der Waals surface area contributed by atoms with Gasteiger partial charge >= 0.3 is 6.03 Å². The van der Waals surface area contributed by atoms with E-state index in [0.717, 1.165) is 26.8 Å². The summed E-state index contributed by atoms with van der Waals surface area (Å²) in [5.74, 6) is 0.140. The van der Waals surface area contributed by atoms with Gasteiger partial charge in [-0.1, -0.05) is 18.2 Å². The first-order chi connectivity index (χ1) is 10.7. The molecular formula is C15H13ClN4O2. The van der Waals surface area contributed by atoms with Crippen molar-refractivity contribution >= 4 is 45.1 Å². The Hall–Kier alpha value is -2.60. The van der Waals surface area contributed by atoms with Crippen molar-refractivity contribution in [2.75, 3.05) is 17.7 Å². The topological polar surface area (TPSA) is 77.6 Å². The summed E-state index contributed by atoms with van der Waals surface area (Å²) in [4.78, 5) is 25.9. The summed E-state index contributed by atoms with van der Waals surface area (Å²) < 4.78 is 0. The number of hydrogen-bond acceptors (Lipinski definition) is 3. The molecule has 2 amide bonds. The van der Waals surface area contributed by atoms with E-state index in [1.54, 1.807) is 6.07 Å². The molecule has 0 aliphatic rings. The molecule has 0 radical (unpaired) electrons. The van der Waals surface area contributed by atoms with Crippen LogP contribution in [0.4, 0.5) is 10.5 Å². The molecule has 0 unspecified atom stereocenters. The molecule has 1 heterocycles. The molecule has 0 aliphatic carbocycles. The normalized spacial score (nSPS) is 10.8. The van der Waals surface area contributed by atoms with Gasteiger partial charge in [0.15, 0.2) is 0 Å². The minimum atomic E-state index is -0.602. The summed E-state index contributed by atoms with van der Waals surface area (Å²) in [5.41, 5.74) is 2.59. The van der Waals surface area contributed by atoms with Crippen LogP contribution in [0.5, 0.6) is 0 Å². The van der Waals surface area contributed by atoms with Crippen LogP contribution < -0.4 is 5.32 Å². The van der Waals surface area contributed by atoms with Gasteiger partial charge in [0.25, 0.3) is 0 Å². The summed E-state index contributed by atoms with van der Waals surface area (Å²) in [5, 5.41) is 8.12. The molecule has 0 spiro atoms. The maximum Gasteiger partial charge on any atom is 0.344 e. The number of aromatic nitrogens is 1. The Morgan fingerprint density at radius 1 is 1.18 bits per heavy atom. The van der Waals surface area contributed by atoms with Gasteiger partial charge in [-0.3, -0.25) is 0 Å². The standard InChI is InChI=1S/C15H13ClN4O2/c16-7-8-20(19-22)15(21)17-10-5-6-14-12(9-10)11-3-1-2-4-13(11)18-14/h1-6,9,18H,7-8H2,(H,17,21). The number of rotatable bonds is 4. The molecule has 2 aromatic carbocycles. The molecule has 3 rings (SSSR count). The number of para-hydroxylation sites is 1. The number of halogens is 1. The first-order valence-electron chi connectivity index (χ1n) is 6.71. The van der Waals surface area contributed by atoms with Gasteiger partial charge in [0.2, 0.25) is 0 Å². The highest BCUT2D eigenvalue weighted by molar-refractivity contribution is 6.18. The monoisotopic (exact) mass is 316 g/mol. The highest BCUT2D eigenvalue weighted by atomic mass is 35.5. The van der Waals surface area contributed by atoms with Gasteiger partial charge in [0.05, 0.1) is 11.8 Å². The van der Waals surface area contributed by atoms with Gasteiger partial charge in [0, 0.05) is 33.4 Å². The number of benzene rings is 2. The number of nitroso groups, excluding NO2 is 1. The molecule has 7 heteroatoms.